The van der Waals surface area contributed by atoms with E-state index in [1.165, 1.54) is 0 Å². The fourth-order valence-electron chi connectivity index (χ4n) is 2.60. The zero-order valence-electron chi connectivity index (χ0n) is 15.7. The summed E-state index contributed by atoms with van der Waals surface area (Å²) in [5.41, 5.74) is 1.99. The first-order valence-corrected chi connectivity index (χ1v) is 10.1. The summed E-state index contributed by atoms with van der Waals surface area (Å²) >= 11 is 9.66. The highest BCUT2D eigenvalue weighted by Crippen LogP contribution is 2.35. The number of nitrogens with zero attached hydrogens (tertiary/aromatic N) is 4. The molecule has 0 saturated carbocycles. The monoisotopic (exact) mass is 465 g/mol. The lowest BCUT2D eigenvalue weighted by Gasteiger charge is -2.15. The molecule has 0 fully saturated rings. The van der Waals surface area contributed by atoms with Gasteiger partial charge < -0.3 is 14.8 Å². The molecule has 0 unspecified atom stereocenters. The molecule has 0 atom stereocenters. The highest BCUT2D eigenvalue weighted by atomic mass is 79.9. The molecule has 9 heteroatoms. The van der Waals surface area contributed by atoms with Gasteiger partial charge in [-0.05, 0) is 59.7 Å². The lowest BCUT2D eigenvalue weighted by atomic mass is 10.2. The minimum absolute atomic E-state index is 0.399. The summed E-state index contributed by atoms with van der Waals surface area (Å²) in [6.45, 7) is 6.09. The van der Waals surface area contributed by atoms with Gasteiger partial charge in [-0.1, -0.05) is 44.8 Å². The average molecular weight is 467 g/mol. The molecular weight excluding hydrogens is 446 g/mol. The van der Waals surface area contributed by atoms with Crippen LogP contribution in [0.15, 0.2) is 40.9 Å². The Hall–Kier alpha value is -2.32. The molecule has 3 rings (SSSR count). The van der Waals surface area contributed by atoms with Crippen LogP contribution < -0.4 is 14.8 Å². The van der Waals surface area contributed by atoms with Crippen LogP contribution in [0.2, 0.25) is 5.02 Å². The zero-order valence-corrected chi connectivity index (χ0v) is 18.0. The molecule has 0 spiro atoms. The van der Waals surface area contributed by atoms with Crippen LogP contribution in [0.5, 0.6) is 11.5 Å². The van der Waals surface area contributed by atoms with Crippen molar-refractivity contribution < 1.29 is 9.47 Å². The van der Waals surface area contributed by atoms with E-state index in [0.717, 1.165) is 15.6 Å². The Morgan fingerprint density at radius 2 is 1.96 bits per heavy atom. The first-order valence-electron chi connectivity index (χ1n) is 8.93. The predicted octanol–water partition coefficient (Wildman–Crippen LogP) is 4.70. The third-order valence-corrected chi connectivity index (χ3v) is 4.94. The Balaban J connectivity index is 1.75. The van der Waals surface area contributed by atoms with Gasteiger partial charge in [-0.2, -0.15) is 0 Å². The van der Waals surface area contributed by atoms with Gasteiger partial charge in [0.05, 0.1) is 6.61 Å². The fourth-order valence-corrected chi connectivity index (χ4v) is 3.28. The minimum Gasteiger partial charge on any atom is -0.490 e. The Morgan fingerprint density at radius 3 is 2.71 bits per heavy atom. The van der Waals surface area contributed by atoms with E-state index in [9.17, 15) is 0 Å². The van der Waals surface area contributed by atoms with Crippen molar-refractivity contribution in [2.75, 3.05) is 11.9 Å². The summed E-state index contributed by atoms with van der Waals surface area (Å²) in [7, 11) is 0. The van der Waals surface area contributed by atoms with Crippen molar-refractivity contribution in [3.63, 3.8) is 0 Å². The van der Waals surface area contributed by atoms with Crippen molar-refractivity contribution in [3.05, 3.63) is 57.0 Å². The summed E-state index contributed by atoms with van der Waals surface area (Å²) in [5.74, 6) is 1.96. The van der Waals surface area contributed by atoms with Crippen molar-refractivity contribution in [3.8, 4) is 11.5 Å². The number of rotatable bonds is 9. The van der Waals surface area contributed by atoms with Crippen LogP contribution in [0.25, 0.3) is 0 Å². The van der Waals surface area contributed by atoms with Gasteiger partial charge in [-0.25, -0.2) is 4.68 Å². The molecule has 1 N–H and O–H groups in total. The topological polar surface area (TPSA) is 74.1 Å². The number of nitrogens with one attached hydrogen (secondary N) is 1. The van der Waals surface area contributed by atoms with Gasteiger partial charge in [0.15, 0.2) is 11.5 Å². The molecule has 7 nitrogen and oxygen atoms in total. The number of benzene rings is 2. The minimum atomic E-state index is 0.399. The number of tetrazole rings is 1. The zero-order chi connectivity index (χ0) is 19.9. The summed E-state index contributed by atoms with van der Waals surface area (Å²) in [5, 5.41) is 15.5. The highest BCUT2D eigenvalue weighted by Gasteiger charge is 2.13. The van der Waals surface area contributed by atoms with E-state index in [0.29, 0.717) is 48.8 Å². The van der Waals surface area contributed by atoms with Crippen LogP contribution in [-0.2, 0) is 19.7 Å². The molecule has 0 radical (unpaired) electrons. The molecule has 2 aromatic carbocycles. The van der Waals surface area contributed by atoms with Crippen molar-refractivity contribution in [2.45, 2.75) is 33.5 Å². The maximum atomic E-state index is 6.04. The van der Waals surface area contributed by atoms with Crippen molar-refractivity contribution in [1.29, 1.82) is 0 Å². The van der Waals surface area contributed by atoms with Crippen LogP contribution in [0.3, 0.4) is 0 Å². The first kappa shape index (κ1) is 20.4. The highest BCUT2D eigenvalue weighted by molar-refractivity contribution is 9.10. The third kappa shape index (κ3) is 5.14. The fraction of sp³-hybridized carbons (Fsp3) is 0.316. The second-order valence-corrected chi connectivity index (χ2v) is 7.20. The lowest BCUT2D eigenvalue weighted by molar-refractivity contribution is 0.269. The Kier molecular flexibility index (Phi) is 7.11. The van der Waals surface area contributed by atoms with Crippen LogP contribution >= 0.6 is 27.5 Å². The predicted molar refractivity (Wildman–Crippen MR) is 112 cm³/mol. The van der Waals surface area contributed by atoms with Gasteiger partial charge >= 0.3 is 0 Å². The van der Waals surface area contributed by atoms with Gasteiger partial charge in [-0.15, -0.1) is 0 Å². The SMILES string of the molecule is CCOc1cc(CNc2nnnn2CC)c(Br)cc1OCc1cccc(Cl)c1. The lowest BCUT2D eigenvalue weighted by Crippen LogP contribution is -2.09. The first-order chi connectivity index (χ1) is 13.6. The van der Waals surface area contributed by atoms with Gasteiger partial charge in [-0.3, -0.25) is 0 Å². The molecule has 0 amide bonds. The number of ether oxygens (including phenoxy) is 2. The molecule has 0 aliphatic heterocycles. The number of aromatic nitrogens is 4. The van der Waals surface area contributed by atoms with Crippen molar-refractivity contribution in [2.24, 2.45) is 0 Å². The number of hydrogen-bond donors (Lipinski definition) is 1. The maximum Gasteiger partial charge on any atom is 0.243 e. The van der Waals surface area contributed by atoms with Crippen LogP contribution in [0.4, 0.5) is 5.95 Å². The molecule has 1 heterocycles. The molecule has 1 aromatic heterocycles. The van der Waals surface area contributed by atoms with Crippen LogP contribution in [0.1, 0.15) is 25.0 Å². The van der Waals surface area contributed by atoms with E-state index in [2.05, 4.69) is 36.8 Å². The quantitative estimate of drug-likeness (QED) is 0.493. The average Bonchev–Trinajstić information content (AvgIpc) is 3.14. The molecule has 3 aromatic rings. The maximum absolute atomic E-state index is 6.04. The number of anilines is 1. The van der Waals surface area contributed by atoms with Gasteiger partial charge in [0.25, 0.3) is 0 Å². The molecular formula is C19H21BrClN5O2. The molecule has 0 saturated heterocycles. The normalized spacial score (nSPS) is 10.7. The third-order valence-electron chi connectivity index (χ3n) is 3.96. The Labute approximate surface area is 177 Å². The largest absolute Gasteiger partial charge is 0.490 e. The Morgan fingerprint density at radius 1 is 1.14 bits per heavy atom. The van der Waals surface area contributed by atoms with Crippen molar-refractivity contribution >= 4 is 33.5 Å². The standard InChI is InChI=1S/C19H21BrClN5O2/c1-3-26-19(23-24-25-26)22-11-14-9-17(27-4-2)18(10-16(14)20)28-12-13-6-5-7-15(21)8-13/h5-10H,3-4,11-12H2,1-2H3,(H,22,23,25). The Bertz CT molecular complexity index is 934. The van der Waals surface area contributed by atoms with Crippen LogP contribution in [0, 0.1) is 0 Å². The molecule has 0 bridgehead atoms. The molecule has 28 heavy (non-hydrogen) atoms. The van der Waals surface area contributed by atoms with E-state index in [1.54, 1.807) is 4.68 Å². The van der Waals surface area contributed by atoms with E-state index >= 15 is 0 Å². The second kappa shape index (κ2) is 9.75. The molecule has 0 aliphatic rings. The van der Waals surface area contributed by atoms with E-state index in [1.807, 2.05) is 50.2 Å². The van der Waals surface area contributed by atoms with Crippen LogP contribution in [-0.4, -0.2) is 26.8 Å². The smallest absolute Gasteiger partial charge is 0.243 e. The van der Waals surface area contributed by atoms with Gasteiger partial charge in [0.2, 0.25) is 5.95 Å². The summed E-state index contributed by atoms with van der Waals surface area (Å²) in [4.78, 5) is 0. The van der Waals surface area contributed by atoms with E-state index in [-0.39, 0.29) is 0 Å². The van der Waals surface area contributed by atoms with E-state index in [4.69, 9.17) is 21.1 Å². The van der Waals surface area contributed by atoms with Gasteiger partial charge in [0, 0.05) is 22.6 Å². The second-order valence-electron chi connectivity index (χ2n) is 5.91. The van der Waals surface area contributed by atoms with Gasteiger partial charge in [0.1, 0.15) is 6.61 Å². The number of aryl methyl sites for hydroxylation is 1. The number of hydrogen-bond acceptors (Lipinski definition) is 6. The van der Waals surface area contributed by atoms with E-state index < -0.39 is 0 Å². The summed E-state index contributed by atoms with van der Waals surface area (Å²) < 4.78 is 14.4. The van der Waals surface area contributed by atoms with Crippen molar-refractivity contribution in [1.82, 2.24) is 20.2 Å². The molecule has 148 valence electrons. The summed E-state index contributed by atoms with van der Waals surface area (Å²) in [6, 6.07) is 11.5. The number of halogens is 2. The summed E-state index contributed by atoms with van der Waals surface area (Å²) in [6.07, 6.45) is 0. The molecule has 0 aliphatic carbocycles.